The topological polar surface area (TPSA) is 81.9 Å². The van der Waals surface area contributed by atoms with Gasteiger partial charge in [-0.25, -0.2) is 4.98 Å². The van der Waals surface area contributed by atoms with Crippen molar-refractivity contribution in [1.29, 1.82) is 0 Å². The maximum Gasteiger partial charge on any atom is 0.0937 e. The van der Waals surface area contributed by atoms with Crippen molar-refractivity contribution in [2.45, 2.75) is 12.1 Å². The van der Waals surface area contributed by atoms with Crippen LogP contribution in [0.3, 0.4) is 0 Å². The largest absolute Gasteiger partial charge is 0.388 e. The Morgan fingerprint density at radius 1 is 0.923 bits per heavy atom. The van der Waals surface area contributed by atoms with Gasteiger partial charge >= 0.3 is 0 Å². The predicted molar refractivity (Wildman–Crippen MR) is 102 cm³/mol. The number of aromatic nitrogens is 1. The molecule has 5 rings (SSSR count). The lowest BCUT2D eigenvalue weighted by Gasteiger charge is -2.29. The van der Waals surface area contributed by atoms with Crippen molar-refractivity contribution < 1.29 is 5.11 Å². The van der Waals surface area contributed by atoms with Gasteiger partial charge in [-0.1, -0.05) is 59.7 Å². The fourth-order valence-corrected chi connectivity index (χ4v) is 3.88. The molecule has 4 aromatic rings. The molecular weight excluding hydrogens is 324 g/mol. The number of fused-ring (bicyclic) bond motifs is 6. The first-order valence-electron chi connectivity index (χ1n) is 8.42. The molecular formula is C21H14N4O. The summed E-state index contributed by atoms with van der Waals surface area (Å²) in [5.74, 6) is 0. The summed E-state index contributed by atoms with van der Waals surface area (Å²) in [5.41, 5.74) is 13.0. The molecule has 0 amide bonds. The SMILES string of the molecule is [N-]=[N+]=N[C@H]1c2ccccc2-c2nc3ccc4ccccc4c3cc2[C@@H]1O. The fraction of sp³-hybridized carbons (Fsp3) is 0.0952. The van der Waals surface area contributed by atoms with Crippen molar-refractivity contribution >= 4 is 21.7 Å². The van der Waals surface area contributed by atoms with Crippen molar-refractivity contribution in [2.75, 3.05) is 0 Å². The molecule has 0 bridgehead atoms. The van der Waals surface area contributed by atoms with Crippen LogP contribution in [0.2, 0.25) is 0 Å². The Balaban J connectivity index is 1.89. The van der Waals surface area contributed by atoms with Gasteiger partial charge in [-0.05, 0) is 34.0 Å². The van der Waals surface area contributed by atoms with Crippen LogP contribution in [0, 0.1) is 0 Å². The number of rotatable bonds is 1. The van der Waals surface area contributed by atoms with Gasteiger partial charge in [0.05, 0.1) is 23.4 Å². The highest BCUT2D eigenvalue weighted by molar-refractivity contribution is 6.07. The second-order valence-corrected chi connectivity index (χ2v) is 6.46. The normalized spacial score (nSPS) is 18.2. The minimum absolute atomic E-state index is 0.655. The molecule has 0 radical (unpaired) electrons. The second-order valence-electron chi connectivity index (χ2n) is 6.46. The quantitative estimate of drug-likeness (QED) is 0.216. The Morgan fingerprint density at radius 2 is 1.73 bits per heavy atom. The molecule has 3 aromatic carbocycles. The van der Waals surface area contributed by atoms with Crippen LogP contribution in [0.5, 0.6) is 0 Å². The molecule has 124 valence electrons. The van der Waals surface area contributed by atoms with Crippen LogP contribution in [0.25, 0.3) is 43.4 Å². The van der Waals surface area contributed by atoms with Crippen LogP contribution in [-0.2, 0) is 0 Å². The number of aliphatic hydroxyl groups is 1. The molecule has 1 aromatic heterocycles. The number of azide groups is 1. The molecule has 1 N–H and O–H groups in total. The van der Waals surface area contributed by atoms with E-state index in [1.807, 2.05) is 48.5 Å². The van der Waals surface area contributed by atoms with E-state index >= 15 is 0 Å². The Morgan fingerprint density at radius 3 is 2.62 bits per heavy atom. The number of hydrogen-bond donors (Lipinski definition) is 1. The summed E-state index contributed by atoms with van der Waals surface area (Å²) in [6.07, 6.45) is -0.924. The molecule has 26 heavy (non-hydrogen) atoms. The first-order valence-corrected chi connectivity index (χ1v) is 8.42. The summed E-state index contributed by atoms with van der Waals surface area (Å²) >= 11 is 0. The third kappa shape index (κ3) is 2.02. The predicted octanol–water partition coefficient (Wildman–Crippen LogP) is 5.45. The van der Waals surface area contributed by atoms with Gasteiger partial charge in [0, 0.05) is 21.4 Å². The Hall–Kier alpha value is -3.40. The molecule has 0 saturated carbocycles. The fourth-order valence-electron chi connectivity index (χ4n) is 3.88. The summed E-state index contributed by atoms with van der Waals surface area (Å²) < 4.78 is 0. The standard InChI is InChI=1S/C21H14N4O/c22-25-24-20-15-8-4-3-7-14(15)19-17(21(20)26)11-16-13-6-2-1-5-12(13)9-10-18(16)23-19/h1-11,20-21,26H/t20-,21-/m0/s1. The van der Waals surface area contributed by atoms with Crippen molar-refractivity contribution in [1.82, 2.24) is 4.98 Å². The molecule has 1 aliphatic carbocycles. The molecule has 0 aliphatic heterocycles. The molecule has 0 spiro atoms. The molecule has 2 atom stereocenters. The van der Waals surface area contributed by atoms with Crippen molar-refractivity contribution in [3.63, 3.8) is 0 Å². The summed E-state index contributed by atoms with van der Waals surface area (Å²) in [6.45, 7) is 0. The number of aliphatic hydroxyl groups excluding tert-OH is 1. The Labute approximate surface area is 149 Å². The molecule has 0 unspecified atom stereocenters. The van der Waals surface area contributed by atoms with E-state index in [-0.39, 0.29) is 0 Å². The second kappa shape index (κ2) is 5.56. The van der Waals surface area contributed by atoms with Gasteiger partial charge < -0.3 is 5.11 Å². The average molecular weight is 338 g/mol. The zero-order valence-electron chi connectivity index (χ0n) is 13.7. The first-order chi connectivity index (χ1) is 12.8. The maximum absolute atomic E-state index is 10.9. The zero-order chi connectivity index (χ0) is 17.7. The van der Waals surface area contributed by atoms with E-state index < -0.39 is 12.1 Å². The van der Waals surface area contributed by atoms with E-state index in [1.54, 1.807) is 0 Å². The van der Waals surface area contributed by atoms with Gasteiger partial charge in [0.2, 0.25) is 0 Å². The third-order valence-electron chi connectivity index (χ3n) is 5.08. The average Bonchev–Trinajstić information content (AvgIpc) is 2.70. The van der Waals surface area contributed by atoms with E-state index in [1.165, 1.54) is 0 Å². The van der Waals surface area contributed by atoms with E-state index in [0.29, 0.717) is 5.56 Å². The molecule has 0 saturated heterocycles. The molecule has 5 heteroatoms. The van der Waals surface area contributed by atoms with E-state index in [2.05, 4.69) is 28.2 Å². The lowest BCUT2D eigenvalue weighted by Crippen LogP contribution is -2.16. The summed E-state index contributed by atoms with van der Waals surface area (Å²) in [5, 5.41) is 18.0. The Kier molecular flexibility index (Phi) is 3.19. The van der Waals surface area contributed by atoms with Crippen LogP contribution in [0.4, 0.5) is 0 Å². The van der Waals surface area contributed by atoms with Gasteiger partial charge in [-0.15, -0.1) is 0 Å². The highest BCUT2D eigenvalue weighted by atomic mass is 16.3. The maximum atomic E-state index is 10.9. The number of pyridine rings is 1. The zero-order valence-corrected chi connectivity index (χ0v) is 13.7. The summed E-state index contributed by atoms with van der Waals surface area (Å²) in [7, 11) is 0. The van der Waals surface area contributed by atoms with Gasteiger partial charge in [0.25, 0.3) is 0 Å². The highest BCUT2D eigenvalue weighted by Gasteiger charge is 2.33. The van der Waals surface area contributed by atoms with Crippen molar-refractivity contribution in [2.24, 2.45) is 5.11 Å². The van der Waals surface area contributed by atoms with Crippen molar-refractivity contribution in [3.05, 3.63) is 88.3 Å². The molecule has 1 heterocycles. The monoisotopic (exact) mass is 338 g/mol. The van der Waals surface area contributed by atoms with Gasteiger partial charge in [0.1, 0.15) is 0 Å². The Bertz CT molecular complexity index is 1230. The lowest BCUT2D eigenvalue weighted by molar-refractivity contribution is 0.145. The van der Waals surface area contributed by atoms with Crippen LogP contribution >= 0.6 is 0 Å². The van der Waals surface area contributed by atoms with Crippen LogP contribution in [0.1, 0.15) is 23.3 Å². The van der Waals surface area contributed by atoms with Crippen molar-refractivity contribution in [3.8, 4) is 11.3 Å². The highest BCUT2D eigenvalue weighted by Crippen LogP contribution is 2.46. The van der Waals surface area contributed by atoms with Crippen LogP contribution in [0.15, 0.2) is 71.8 Å². The number of hydrogen-bond acceptors (Lipinski definition) is 3. The summed E-state index contributed by atoms with van der Waals surface area (Å²) in [6, 6.07) is 21.2. The number of nitrogens with zero attached hydrogens (tertiary/aromatic N) is 4. The minimum Gasteiger partial charge on any atom is -0.388 e. The minimum atomic E-state index is -0.924. The van der Waals surface area contributed by atoms with E-state index in [9.17, 15) is 5.11 Å². The number of benzene rings is 3. The van der Waals surface area contributed by atoms with Gasteiger partial charge in [-0.3, -0.25) is 0 Å². The molecule has 5 nitrogen and oxygen atoms in total. The van der Waals surface area contributed by atoms with Crippen LogP contribution < -0.4 is 0 Å². The molecule has 1 aliphatic rings. The smallest absolute Gasteiger partial charge is 0.0937 e. The lowest BCUT2D eigenvalue weighted by atomic mass is 9.83. The first kappa shape index (κ1) is 14.9. The summed E-state index contributed by atoms with van der Waals surface area (Å²) in [4.78, 5) is 7.80. The van der Waals surface area contributed by atoms with Crippen LogP contribution in [-0.4, -0.2) is 10.1 Å². The molecule has 0 fully saturated rings. The van der Waals surface area contributed by atoms with E-state index in [0.717, 1.165) is 38.5 Å². The third-order valence-corrected chi connectivity index (χ3v) is 5.08. The van der Waals surface area contributed by atoms with E-state index in [4.69, 9.17) is 10.5 Å². The van der Waals surface area contributed by atoms with Gasteiger partial charge in [0.15, 0.2) is 0 Å². The van der Waals surface area contributed by atoms with Gasteiger partial charge in [-0.2, -0.15) is 0 Å².